The molecule has 24 heavy (non-hydrogen) atoms. The van der Waals surface area contributed by atoms with Crippen molar-refractivity contribution in [2.24, 2.45) is 5.92 Å². The molecular formula is C18H20Cl2FN2O+. The lowest BCUT2D eigenvalue weighted by Gasteiger charge is -2.19. The Kier molecular flexibility index (Phi) is 6.60. The molecule has 0 aliphatic heterocycles. The lowest BCUT2D eigenvalue weighted by atomic mass is 9.96. The maximum absolute atomic E-state index is 13.1. The van der Waals surface area contributed by atoms with Gasteiger partial charge in [-0.25, -0.2) is 4.39 Å². The first-order valence-electron chi connectivity index (χ1n) is 7.71. The third-order valence-electron chi connectivity index (χ3n) is 3.76. The van der Waals surface area contributed by atoms with Crippen molar-refractivity contribution in [2.75, 3.05) is 11.9 Å². The average Bonchev–Trinajstić information content (AvgIpc) is 2.53. The van der Waals surface area contributed by atoms with Crippen LogP contribution in [0.25, 0.3) is 0 Å². The first kappa shape index (κ1) is 18.7. The van der Waals surface area contributed by atoms with Crippen LogP contribution in [0, 0.1) is 11.7 Å². The number of carbonyl (C=O) groups excluding carboxylic acids is 1. The molecule has 0 spiro atoms. The van der Waals surface area contributed by atoms with E-state index in [2.05, 4.69) is 19.2 Å². The van der Waals surface area contributed by atoms with Crippen LogP contribution in [0.1, 0.15) is 25.5 Å². The quantitative estimate of drug-likeness (QED) is 0.792. The second-order valence-corrected chi connectivity index (χ2v) is 6.70. The van der Waals surface area contributed by atoms with Crippen LogP contribution >= 0.6 is 23.2 Å². The number of nitrogens with two attached hydrogens (primary N) is 1. The number of nitrogens with one attached hydrogen (secondary N) is 1. The van der Waals surface area contributed by atoms with E-state index in [1.165, 1.54) is 12.1 Å². The van der Waals surface area contributed by atoms with Crippen LogP contribution in [0.15, 0.2) is 42.5 Å². The summed E-state index contributed by atoms with van der Waals surface area (Å²) in [5, 5.41) is 5.41. The number of hydrogen-bond acceptors (Lipinski definition) is 1. The van der Waals surface area contributed by atoms with Gasteiger partial charge in [0.05, 0.1) is 15.7 Å². The standard InChI is InChI=1S/C18H19Cl2FN2O/c1-11(2)18(12-6-8-13(21)9-7-12)22-10-16(24)23-15-5-3-4-14(19)17(15)20/h3-9,11,18,22H,10H2,1-2H3,(H,23,24)/p+1/t18-/m1/s1. The zero-order valence-corrected chi connectivity index (χ0v) is 15.0. The van der Waals surface area contributed by atoms with Crippen LogP contribution in [0.3, 0.4) is 0 Å². The summed E-state index contributed by atoms with van der Waals surface area (Å²) in [5.74, 6) is -0.153. The van der Waals surface area contributed by atoms with Crippen LogP contribution in [0.4, 0.5) is 10.1 Å². The fourth-order valence-corrected chi connectivity index (χ4v) is 2.86. The molecule has 128 valence electrons. The maximum Gasteiger partial charge on any atom is 0.279 e. The molecule has 0 aliphatic carbocycles. The van der Waals surface area contributed by atoms with E-state index in [-0.39, 0.29) is 30.2 Å². The number of carbonyl (C=O) groups is 1. The first-order valence-corrected chi connectivity index (χ1v) is 8.46. The molecule has 2 aromatic carbocycles. The minimum Gasteiger partial charge on any atom is -0.332 e. The van der Waals surface area contributed by atoms with E-state index >= 15 is 0 Å². The molecule has 0 saturated carbocycles. The molecule has 6 heteroatoms. The van der Waals surface area contributed by atoms with Gasteiger partial charge in [0.2, 0.25) is 0 Å². The molecule has 0 heterocycles. The van der Waals surface area contributed by atoms with Gasteiger partial charge in [0.25, 0.3) is 5.91 Å². The fraction of sp³-hybridized carbons (Fsp3) is 0.278. The number of rotatable bonds is 6. The van der Waals surface area contributed by atoms with Crippen molar-refractivity contribution in [1.29, 1.82) is 0 Å². The molecule has 0 unspecified atom stereocenters. The van der Waals surface area contributed by atoms with Crippen LogP contribution < -0.4 is 10.6 Å². The molecular weight excluding hydrogens is 350 g/mol. The molecule has 1 amide bonds. The van der Waals surface area contributed by atoms with E-state index in [1.807, 2.05) is 5.32 Å². The van der Waals surface area contributed by atoms with Crippen LogP contribution in [-0.4, -0.2) is 12.5 Å². The highest BCUT2D eigenvalue weighted by molar-refractivity contribution is 6.43. The Morgan fingerprint density at radius 2 is 1.83 bits per heavy atom. The van der Waals surface area contributed by atoms with Gasteiger partial charge in [0.1, 0.15) is 11.9 Å². The highest BCUT2D eigenvalue weighted by Gasteiger charge is 2.21. The van der Waals surface area contributed by atoms with Gasteiger partial charge in [-0.05, 0) is 24.3 Å². The lowest BCUT2D eigenvalue weighted by Crippen LogP contribution is -2.88. The monoisotopic (exact) mass is 369 g/mol. The molecule has 3 N–H and O–H groups in total. The van der Waals surface area contributed by atoms with Crippen molar-refractivity contribution in [3.63, 3.8) is 0 Å². The van der Waals surface area contributed by atoms with E-state index in [9.17, 15) is 9.18 Å². The molecule has 2 aromatic rings. The molecule has 0 bridgehead atoms. The summed E-state index contributed by atoms with van der Waals surface area (Å²) in [5.41, 5.74) is 1.48. The Bertz CT molecular complexity index is 705. The number of amides is 1. The maximum atomic E-state index is 13.1. The minimum absolute atomic E-state index is 0.0613. The van der Waals surface area contributed by atoms with Crippen molar-refractivity contribution >= 4 is 34.8 Å². The fourth-order valence-electron chi connectivity index (χ4n) is 2.51. The van der Waals surface area contributed by atoms with E-state index < -0.39 is 0 Å². The summed E-state index contributed by atoms with van der Waals surface area (Å²) in [6, 6.07) is 11.5. The molecule has 1 atom stereocenters. The zero-order chi connectivity index (χ0) is 17.7. The number of quaternary nitrogens is 1. The SMILES string of the molecule is CC(C)[C@@H]([NH2+]CC(=O)Nc1cccc(Cl)c1Cl)c1ccc(F)cc1. The molecule has 0 fully saturated rings. The van der Waals surface area contributed by atoms with Gasteiger partial charge in [0, 0.05) is 11.5 Å². The lowest BCUT2D eigenvalue weighted by molar-refractivity contribution is -0.692. The third-order valence-corrected chi connectivity index (χ3v) is 4.57. The van der Waals surface area contributed by atoms with Crippen molar-refractivity contribution in [3.8, 4) is 0 Å². The number of benzene rings is 2. The second kappa shape index (κ2) is 8.47. The van der Waals surface area contributed by atoms with Gasteiger partial charge in [-0.2, -0.15) is 0 Å². The zero-order valence-electron chi connectivity index (χ0n) is 13.5. The van der Waals surface area contributed by atoms with Gasteiger partial charge >= 0.3 is 0 Å². The predicted molar refractivity (Wildman–Crippen MR) is 95.9 cm³/mol. The summed E-state index contributed by atoms with van der Waals surface area (Å²) in [6.07, 6.45) is 0. The van der Waals surface area contributed by atoms with Crippen LogP contribution in [0.2, 0.25) is 10.0 Å². The largest absolute Gasteiger partial charge is 0.332 e. The first-order chi connectivity index (χ1) is 11.4. The Labute approximate surface area is 151 Å². The van der Waals surface area contributed by atoms with E-state index in [1.54, 1.807) is 30.3 Å². The van der Waals surface area contributed by atoms with Crippen molar-refractivity contribution < 1.29 is 14.5 Å². The number of hydrogen-bond donors (Lipinski definition) is 2. The molecule has 3 nitrogen and oxygen atoms in total. The summed E-state index contributed by atoms with van der Waals surface area (Å²) < 4.78 is 13.1. The normalized spacial score (nSPS) is 12.2. The predicted octanol–water partition coefficient (Wildman–Crippen LogP) is 4.03. The molecule has 0 radical (unpaired) electrons. The van der Waals surface area contributed by atoms with Gasteiger partial charge in [-0.1, -0.05) is 55.2 Å². The molecule has 0 aliphatic rings. The van der Waals surface area contributed by atoms with Crippen molar-refractivity contribution in [3.05, 3.63) is 63.9 Å². The van der Waals surface area contributed by atoms with E-state index in [4.69, 9.17) is 23.2 Å². The minimum atomic E-state index is -0.269. The van der Waals surface area contributed by atoms with Gasteiger partial charge < -0.3 is 10.6 Å². The third kappa shape index (κ3) is 4.94. The van der Waals surface area contributed by atoms with Gasteiger partial charge in [-0.3, -0.25) is 4.79 Å². The molecule has 0 aromatic heterocycles. The van der Waals surface area contributed by atoms with Gasteiger partial charge in [0.15, 0.2) is 6.54 Å². The van der Waals surface area contributed by atoms with Crippen molar-refractivity contribution in [2.45, 2.75) is 19.9 Å². The Hall–Kier alpha value is -1.62. The average molecular weight is 370 g/mol. The summed E-state index contributed by atoms with van der Waals surface area (Å²) in [7, 11) is 0. The summed E-state index contributed by atoms with van der Waals surface area (Å²) in [4.78, 5) is 12.2. The Balaban J connectivity index is 2.00. The highest BCUT2D eigenvalue weighted by Crippen LogP contribution is 2.29. The smallest absolute Gasteiger partial charge is 0.279 e. The van der Waals surface area contributed by atoms with Crippen molar-refractivity contribution in [1.82, 2.24) is 0 Å². The topological polar surface area (TPSA) is 45.7 Å². The number of anilines is 1. The summed E-state index contributed by atoms with van der Waals surface area (Å²) in [6.45, 7) is 4.36. The number of halogens is 3. The van der Waals surface area contributed by atoms with E-state index in [0.29, 0.717) is 15.7 Å². The van der Waals surface area contributed by atoms with Crippen LogP contribution in [-0.2, 0) is 4.79 Å². The summed E-state index contributed by atoms with van der Waals surface area (Å²) >= 11 is 12.0. The Morgan fingerprint density at radius 1 is 1.17 bits per heavy atom. The highest BCUT2D eigenvalue weighted by atomic mass is 35.5. The van der Waals surface area contributed by atoms with E-state index in [0.717, 1.165) is 5.56 Å². The molecule has 0 saturated heterocycles. The second-order valence-electron chi connectivity index (χ2n) is 5.91. The molecule has 2 rings (SSSR count). The Morgan fingerprint density at radius 3 is 2.46 bits per heavy atom. The van der Waals surface area contributed by atoms with Gasteiger partial charge in [-0.15, -0.1) is 0 Å². The van der Waals surface area contributed by atoms with Crippen LogP contribution in [0.5, 0.6) is 0 Å².